The highest BCUT2D eigenvalue weighted by atomic mass is 17.1. The Hall–Kier alpha value is -1.39. The molecule has 48 heavy (non-hydrogen) atoms. The molecule has 3 fully saturated rings. The molecular weight excluding hydrogens is 592 g/mol. The predicted molar refractivity (Wildman–Crippen MR) is 201 cm³/mol. The Kier molecular flexibility index (Phi) is 16.8. The van der Waals surface area contributed by atoms with Gasteiger partial charge in [-0.2, -0.15) is 0 Å². The van der Waals surface area contributed by atoms with Crippen LogP contribution < -0.4 is 0 Å². The van der Waals surface area contributed by atoms with Crippen LogP contribution in [-0.2, 0) is 14.4 Å². The minimum atomic E-state index is -0.244. The van der Waals surface area contributed by atoms with Gasteiger partial charge in [0.2, 0.25) is 0 Å². The van der Waals surface area contributed by atoms with Gasteiger partial charge in [0.15, 0.2) is 0 Å². The quantitative estimate of drug-likeness (QED) is 0.0331. The van der Waals surface area contributed by atoms with Crippen LogP contribution >= 0.6 is 0 Å². The van der Waals surface area contributed by atoms with E-state index in [-0.39, 0.29) is 18.2 Å². The first-order valence-electron chi connectivity index (χ1n) is 20.8. The zero-order valence-corrected chi connectivity index (χ0v) is 31.8. The summed E-state index contributed by atoms with van der Waals surface area (Å²) in [6.45, 7) is 12.1. The maximum absolute atomic E-state index is 12.8. The summed E-state index contributed by atoms with van der Waals surface area (Å²) in [6.07, 6.45) is 36.5. The molecule has 0 saturated heterocycles. The number of allylic oxidation sites excluding steroid dienone is 4. The second kappa shape index (κ2) is 20.5. The molecule has 0 amide bonds. The molecule has 0 aromatic carbocycles. The van der Waals surface area contributed by atoms with Gasteiger partial charge in [-0.05, 0) is 117 Å². The molecule has 0 heterocycles. The van der Waals surface area contributed by atoms with Crippen LogP contribution in [0.25, 0.3) is 0 Å². The van der Waals surface area contributed by atoms with Crippen molar-refractivity contribution in [2.24, 2.45) is 46.8 Å². The predicted octanol–water partition coefficient (Wildman–Crippen LogP) is 12.8. The van der Waals surface area contributed by atoms with Gasteiger partial charge in [0.25, 0.3) is 0 Å². The van der Waals surface area contributed by atoms with E-state index in [4.69, 9.17) is 4.74 Å². The highest BCUT2D eigenvalue weighted by molar-refractivity contribution is 5.69. The molecule has 274 valence electrons. The standard InChI is InChI=1S/C44H74O4/c1-6-7-8-9-10-12-15-21-36(48-46)22-16-13-11-14-17-23-43(45)47-37-30-31-44(5)35(32-37)24-25-41-40-27-26-38(39(40)28-29-42(41)44)34(4)20-18-19-33(2)3/h10,12,15,21,24,33-34,36-42,46H,6-9,11,13-14,16-20,22-23,25-32H2,1-5H3/b12-10+,21-15+. The number of carbonyl (C=O) groups excluding carboxylic acids is 1. The smallest absolute Gasteiger partial charge is 0.306 e. The fourth-order valence-corrected chi connectivity index (χ4v) is 10.6. The first-order chi connectivity index (χ1) is 23.3. The molecule has 0 bridgehead atoms. The molecule has 3 saturated carbocycles. The lowest BCUT2D eigenvalue weighted by molar-refractivity contribution is -0.267. The third kappa shape index (κ3) is 11.3. The average molecular weight is 667 g/mol. The molecule has 0 spiro atoms. The monoisotopic (exact) mass is 667 g/mol. The summed E-state index contributed by atoms with van der Waals surface area (Å²) in [5, 5.41) is 9.23. The van der Waals surface area contributed by atoms with Crippen LogP contribution in [0, 0.1) is 46.8 Å². The third-order valence-corrected chi connectivity index (χ3v) is 13.5. The van der Waals surface area contributed by atoms with Crippen molar-refractivity contribution in [3.05, 3.63) is 36.0 Å². The van der Waals surface area contributed by atoms with E-state index >= 15 is 0 Å². The lowest BCUT2D eigenvalue weighted by Gasteiger charge is -2.55. The van der Waals surface area contributed by atoms with E-state index in [2.05, 4.69) is 57.7 Å². The zero-order valence-electron chi connectivity index (χ0n) is 31.8. The topological polar surface area (TPSA) is 55.8 Å². The van der Waals surface area contributed by atoms with Crippen LogP contribution in [0.1, 0.15) is 176 Å². The summed E-state index contributed by atoms with van der Waals surface area (Å²) in [7, 11) is 0. The van der Waals surface area contributed by atoms with Crippen molar-refractivity contribution < 1.29 is 19.7 Å². The molecule has 4 aliphatic carbocycles. The van der Waals surface area contributed by atoms with E-state index in [1.807, 2.05) is 12.2 Å². The number of esters is 1. The van der Waals surface area contributed by atoms with Crippen molar-refractivity contribution in [3.8, 4) is 0 Å². The first-order valence-corrected chi connectivity index (χ1v) is 20.8. The van der Waals surface area contributed by atoms with Crippen LogP contribution in [0.15, 0.2) is 36.0 Å². The Balaban J connectivity index is 1.12. The van der Waals surface area contributed by atoms with E-state index in [0.717, 1.165) is 99.2 Å². The van der Waals surface area contributed by atoms with Gasteiger partial charge in [0.05, 0.1) is 0 Å². The highest BCUT2D eigenvalue weighted by Crippen LogP contribution is 2.63. The van der Waals surface area contributed by atoms with Crippen LogP contribution in [-0.4, -0.2) is 23.4 Å². The molecule has 9 unspecified atom stereocenters. The fourth-order valence-electron chi connectivity index (χ4n) is 10.6. The second-order valence-corrected chi connectivity index (χ2v) is 17.2. The Morgan fingerprint density at radius 1 is 0.896 bits per heavy atom. The molecule has 0 radical (unpaired) electrons. The normalized spacial score (nSPS) is 31.4. The molecule has 4 nitrogen and oxygen atoms in total. The van der Waals surface area contributed by atoms with Crippen molar-refractivity contribution in [2.45, 2.75) is 188 Å². The summed E-state index contributed by atoms with van der Waals surface area (Å²) < 4.78 is 6.09. The van der Waals surface area contributed by atoms with E-state index in [9.17, 15) is 10.1 Å². The Morgan fingerprint density at radius 2 is 1.69 bits per heavy atom. The van der Waals surface area contributed by atoms with Gasteiger partial charge in [-0.25, -0.2) is 4.89 Å². The molecular formula is C44H74O4. The SMILES string of the molecule is CCCCC/C=C/C=C/C(CCCCCCCC(=O)OC1CCC2(C)C(=CCC3C4CCC(C(C)CCCC(C)C)C4CCC32)C1)OO. The molecule has 1 N–H and O–H groups in total. The number of carbonyl (C=O) groups is 1. The van der Waals surface area contributed by atoms with Crippen molar-refractivity contribution >= 4 is 5.97 Å². The molecule has 0 aromatic rings. The zero-order chi connectivity index (χ0) is 34.4. The van der Waals surface area contributed by atoms with Crippen molar-refractivity contribution in [1.82, 2.24) is 0 Å². The van der Waals surface area contributed by atoms with Crippen molar-refractivity contribution in [2.75, 3.05) is 0 Å². The molecule has 0 aromatic heterocycles. The number of ether oxygens (including phenoxy) is 1. The summed E-state index contributed by atoms with van der Waals surface area (Å²) in [5.74, 6) is 6.32. The van der Waals surface area contributed by atoms with Crippen LogP contribution in [0.2, 0.25) is 0 Å². The lowest BCUT2D eigenvalue weighted by Crippen LogP contribution is -2.48. The summed E-state index contributed by atoms with van der Waals surface area (Å²) in [4.78, 5) is 17.5. The molecule has 0 aliphatic heterocycles. The number of unbranched alkanes of at least 4 members (excludes halogenated alkanes) is 7. The number of hydrogen-bond donors (Lipinski definition) is 1. The van der Waals surface area contributed by atoms with Gasteiger partial charge < -0.3 is 4.74 Å². The largest absolute Gasteiger partial charge is 0.462 e. The number of hydrogen-bond acceptors (Lipinski definition) is 4. The van der Waals surface area contributed by atoms with Gasteiger partial charge in [0, 0.05) is 12.8 Å². The Bertz CT molecular complexity index is 1030. The number of rotatable bonds is 21. The lowest BCUT2D eigenvalue weighted by atomic mass is 9.50. The average Bonchev–Trinajstić information content (AvgIpc) is 3.51. The summed E-state index contributed by atoms with van der Waals surface area (Å²) in [6, 6.07) is 0. The van der Waals surface area contributed by atoms with Gasteiger partial charge in [0.1, 0.15) is 12.2 Å². The van der Waals surface area contributed by atoms with Gasteiger partial charge >= 0.3 is 5.97 Å². The third-order valence-electron chi connectivity index (χ3n) is 13.5. The van der Waals surface area contributed by atoms with E-state index in [1.54, 1.807) is 5.57 Å². The maximum Gasteiger partial charge on any atom is 0.306 e. The van der Waals surface area contributed by atoms with E-state index < -0.39 is 0 Å². The van der Waals surface area contributed by atoms with Crippen molar-refractivity contribution in [3.63, 3.8) is 0 Å². The minimum absolute atomic E-state index is 0.000427. The van der Waals surface area contributed by atoms with E-state index in [0.29, 0.717) is 11.8 Å². The highest BCUT2D eigenvalue weighted by Gasteiger charge is 2.54. The van der Waals surface area contributed by atoms with Crippen LogP contribution in [0.5, 0.6) is 0 Å². The maximum atomic E-state index is 12.8. The second-order valence-electron chi connectivity index (χ2n) is 17.2. The molecule has 9 atom stereocenters. The van der Waals surface area contributed by atoms with E-state index in [1.165, 1.54) is 77.0 Å². The Morgan fingerprint density at radius 3 is 2.48 bits per heavy atom. The summed E-state index contributed by atoms with van der Waals surface area (Å²) in [5.41, 5.74) is 1.93. The van der Waals surface area contributed by atoms with Crippen LogP contribution in [0.3, 0.4) is 0 Å². The van der Waals surface area contributed by atoms with Crippen LogP contribution in [0.4, 0.5) is 0 Å². The van der Waals surface area contributed by atoms with Gasteiger partial charge in [-0.1, -0.05) is 128 Å². The number of fused-ring (bicyclic) bond motifs is 5. The molecule has 4 rings (SSSR count). The summed E-state index contributed by atoms with van der Waals surface area (Å²) >= 11 is 0. The van der Waals surface area contributed by atoms with Gasteiger partial charge in [-0.3, -0.25) is 10.1 Å². The molecule has 4 aliphatic rings. The van der Waals surface area contributed by atoms with Gasteiger partial charge in [-0.15, -0.1) is 0 Å². The minimum Gasteiger partial charge on any atom is -0.462 e. The van der Waals surface area contributed by atoms with Crippen molar-refractivity contribution in [1.29, 1.82) is 0 Å². The Labute approximate surface area is 295 Å². The molecule has 4 heteroatoms. The fraction of sp³-hybridized carbons (Fsp3) is 0.841. The first kappa shape index (κ1) is 39.4.